The molecule has 1 fully saturated rings. The van der Waals surface area contributed by atoms with Crippen LogP contribution in [0.25, 0.3) is 0 Å². The number of anilines is 1. The molecular weight excluding hydrogens is 334 g/mol. The predicted octanol–water partition coefficient (Wildman–Crippen LogP) is 2.16. The summed E-state index contributed by atoms with van der Waals surface area (Å²) in [5, 5.41) is 5.66. The Hall–Kier alpha value is -2.28. The Kier molecular flexibility index (Phi) is 6.13. The minimum absolute atomic E-state index is 0.0493. The lowest BCUT2D eigenvalue weighted by Gasteiger charge is -2.21. The van der Waals surface area contributed by atoms with E-state index in [1.807, 2.05) is 0 Å². The first-order chi connectivity index (χ1) is 12.2. The van der Waals surface area contributed by atoms with E-state index in [9.17, 15) is 9.59 Å². The van der Waals surface area contributed by atoms with Gasteiger partial charge in [0.25, 0.3) is 5.91 Å². The van der Waals surface area contributed by atoms with Gasteiger partial charge in [-0.1, -0.05) is 20.8 Å². The minimum Gasteiger partial charge on any atom is -0.493 e. The van der Waals surface area contributed by atoms with Crippen molar-refractivity contribution in [3.05, 3.63) is 17.7 Å². The highest BCUT2D eigenvalue weighted by Gasteiger charge is 2.29. The van der Waals surface area contributed by atoms with Crippen LogP contribution in [0.3, 0.4) is 0 Å². The second kappa shape index (κ2) is 7.95. The van der Waals surface area contributed by atoms with E-state index < -0.39 is 5.41 Å². The highest BCUT2D eigenvalue weighted by atomic mass is 16.5. The number of hydrogen-bond donors (Lipinski definition) is 3. The summed E-state index contributed by atoms with van der Waals surface area (Å²) in [5.41, 5.74) is 6.14. The second-order valence-corrected chi connectivity index (χ2v) is 7.67. The van der Waals surface area contributed by atoms with Crippen LogP contribution in [0.2, 0.25) is 0 Å². The summed E-state index contributed by atoms with van der Waals surface area (Å²) in [6.07, 6.45) is 2.22. The van der Waals surface area contributed by atoms with Crippen molar-refractivity contribution in [2.24, 2.45) is 17.1 Å². The molecular formula is C19H29N3O4. The first kappa shape index (κ1) is 20.0. The molecule has 7 nitrogen and oxygen atoms in total. The smallest absolute Gasteiger partial charge is 0.253 e. The molecule has 0 radical (unpaired) electrons. The van der Waals surface area contributed by atoms with E-state index in [0.717, 1.165) is 12.8 Å². The number of rotatable bonds is 7. The quantitative estimate of drug-likeness (QED) is 0.689. The van der Waals surface area contributed by atoms with Crippen LogP contribution in [-0.4, -0.2) is 38.6 Å². The summed E-state index contributed by atoms with van der Waals surface area (Å²) in [5.74, 6) is 0.821. The van der Waals surface area contributed by atoms with Gasteiger partial charge in [-0.25, -0.2) is 0 Å². The second-order valence-electron chi connectivity index (χ2n) is 7.67. The molecule has 1 aliphatic carbocycles. The summed E-state index contributed by atoms with van der Waals surface area (Å²) < 4.78 is 10.6. The zero-order valence-electron chi connectivity index (χ0n) is 16.1. The SMILES string of the molecule is COc1cc(NC(=O)C(C)(C)C)c(C(=O)NCC(N)C2CC2)cc1OC. The van der Waals surface area contributed by atoms with Gasteiger partial charge in [-0.3, -0.25) is 9.59 Å². The Morgan fingerprint density at radius 3 is 2.27 bits per heavy atom. The first-order valence-corrected chi connectivity index (χ1v) is 8.78. The third kappa shape index (κ3) is 4.88. The molecule has 0 bridgehead atoms. The molecule has 144 valence electrons. The molecule has 7 heteroatoms. The maximum Gasteiger partial charge on any atom is 0.253 e. The highest BCUT2D eigenvalue weighted by molar-refractivity contribution is 6.05. The van der Waals surface area contributed by atoms with Crippen molar-refractivity contribution in [3.8, 4) is 11.5 Å². The molecule has 0 heterocycles. The molecule has 0 spiro atoms. The van der Waals surface area contributed by atoms with Gasteiger partial charge in [0.2, 0.25) is 5.91 Å². The Morgan fingerprint density at radius 2 is 1.77 bits per heavy atom. The lowest BCUT2D eigenvalue weighted by molar-refractivity contribution is -0.123. The molecule has 1 saturated carbocycles. The van der Waals surface area contributed by atoms with Crippen LogP contribution in [0.4, 0.5) is 5.69 Å². The molecule has 2 amide bonds. The van der Waals surface area contributed by atoms with Gasteiger partial charge in [-0.2, -0.15) is 0 Å². The number of hydrogen-bond acceptors (Lipinski definition) is 5. The van der Waals surface area contributed by atoms with E-state index in [1.165, 1.54) is 14.2 Å². The van der Waals surface area contributed by atoms with E-state index in [-0.39, 0.29) is 17.9 Å². The van der Waals surface area contributed by atoms with E-state index in [1.54, 1.807) is 32.9 Å². The topological polar surface area (TPSA) is 103 Å². The maximum atomic E-state index is 12.7. The molecule has 1 aromatic rings. The standard InChI is InChI=1S/C19H29N3O4/c1-19(2,3)18(24)22-14-9-16(26-5)15(25-4)8-12(14)17(23)21-10-13(20)11-6-7-11/h8-9,11,13H,6-7,10,20H2,1-5H3,(H,21,23)(H,22,24). The molecule has 2 rings (SSSR count). The summed E-state index contributed by atoms with van der Waals surface area (Å²) in [7, 11) is 3.00. The number of amides is 2. The van der Waals surface area contributed by atoms with Gasteiger partial charge in [0.1, 0.15) is 0 Å². The monoisotopic (exact) mass is 363 g/mol. The zero-order chi connectivity index (χ0) is 19.5. The van der Waals surface area contributed by atoms with E-state index in [2.05, 4.69) is 10.6 Å². The van der Waals surface area contributed by atoms with Gasteiger partial charge in [0.05, 0.1) is 25.5 Å². The average Bonchev–Trinajstić information content (AvgIpc) is 3.43. The predicted molar refractivity (Wildman–Crippen MR) is 101 cm³/mol. The van der Waals surface area contributed by atoms with Crippen molar-refractivity contribution < 1.29 is 19.1 Å². The van der Waals surface area contributed by atoms with Gasteiger partial charge in [-0.15, -0.1) is 0 Å². The number of carbonyl (C=O) groups is 2. The highest BCUT2D eigenvalue weighted by Crippen LogP contribution is 2.34. The Morgan fingerprint density at radius 1 is 1.19 bits per heavy atom. The Labute approximate surface area is 154 Å². The summed E-state index contributed by atoms with van der Waals surface area (Å²) in [6.45, 7) is 5.80. The number of carbonyl (C=O) groups excluding carboxylic acids is 2. The van der Waals surface area contributed by atoms with Crippen LogP contribution in [-0.2, 0) is 4.79 Å². The van der Waals surface area contributed by atoms with E-state index >= 15 is 0 Å². The van der Waals surface area contributed by atoms with Gasteiger partial charge < -0.3 is 25.8 Å². The van der Waals surface area contributed by atoms with Crippen LogP contribution in [0.1, 0.15) is 44.0 Å². The lowest BCUT2D eigenvalue weighted by Crippen LogP contribution is -2.39. The Bertz CT molecular complexity index is 678. The normalized spacial score (nSPS) is 15.2. The van der Waals surface area contributed by atoms with Crippen LogP contribution in [0.5, 0.6) is 11.5 Å². The van der Waals surface area contributed by atoms with Crippen molar-refractivity contribution in [1.29, 1.82) is 0 Å². The number of nitrogens with one attached hydrogen (secondary N) is 2. The van der Waals surface area contributed by atoms with Crippen molar-refractivity contribution in [3.63, 3.8) is 0 Å². The minimum atomic E-state index is -0.602. The molecule has 1 aliphatic rings. The fourth-order valence-electron chi connectivity index (χ4n) is 2.48. The number of methoxy groups -OCH3 is 2. The van der Waals surface area contributed by atoms with Crippen LogP contribution in [0.15, 0.2) is 12.1 Å². The van der Waals surface area contributed by atoms with Crippen LogP contribution >= 0.6 is 0 Å². The summed E-state index contributed by atoms with van der Waals surface area (Å²) in [6, 6.07) is 3.11. The molecule has 4 N–H and O–H groups in total. The maximum absolute atomic E-state index is 12.7. The van der Waals surface area contributed by atoms with Crippen LogP contribution in [0, 0.1) is 11.3 Å². The van der Waals surface area contributed by atoms with Crippen molar-refractivity contribution in [2.45, 2.75) is 39.7 Å². The van der Waals surface area contributed by atoms with E-state index in [0.29, 0.717) is 35.2 Å². The number of ether oxygens (including phenoxy) is 2. The van der Waals surface area contributed by atoms with Crippen molar-refractivity contribution in [2.75, 3.05) is 26.1 Å². The average molecular weight is 363 g/mol. The largest absolute Gasteiger partial charge is 0.493 e. The molecule has 0 saturated heterocycles. The molecule has 26 heavy (non-hydrogen) atoms. The Balaban J connectivity index is 2.27. The molecule has 0 aliphatic heterocycles. The fourth-order valence-corrected chi connectivity index (χ4v) is 2.48. The summed E-state index contributed by atoms with van der Waals surface area (Å²) in [4.78, 5) is 25.1. The summed E-state index contributed by atoms with van der Waals surface area (Å²) >= 11 is 0. The van der Waals surface area contributed by atoms with Gasteiger partial charge >= 0.3 is 0 Å². The van der Waals surface area contributed by atoms with Gasteiger partial charge in [-0.05, 0) is 24.8 Å². The van der Waals surface area contributed by atoms with Crippen molar-refractivity contribution >= 4 is 17.5 Å². The van der Waals surface area contributed by atoms with E-state index in [4.69, 9.17) is 15.2 Å². The van der Waals surface area contributed by atoms with Crippen LogP contribution < -0.4 is 25.8 Å². The molecule has 0 aromatic heterocycles. The third-order valence-electron chi connectivity index (χ3n) is 4.42. The molecule has 1 unspecified atom stereocenters. The van der Waals surface area contributed by atoms with Gasteiger partial charge in [0.15, 0.2) is 11.5 Å². The van der Waals surface area contributed by atoms with Gasteiger partial charge in [0, 0.05) is 24.1 Å². The first-order valence-electron chi connectivity index (χ1n) is 8.78. The molecule has 1 atom stereocenters. The number of benzene rings is 1. The third-order valence-corrected chi connectivity index (χ3v) is 4.42. The lowest BCUT2D eigenvalue weighted by atomic mass is 9.95. The molecule has 1 aromatic carbocycles. The number of nitrogens with two attached hydrogens (primary N) is 1. The fraction of sp³-hybridized carbons (Fsp3) is 0.579. The zero-order valence-corrected chi connectivity index (χ0v) is 16.1. The van der Waals surface area contributed by atoms with Crippen molar-refractivity contribution in [1.82, 2.24) is 5.32 Å².